The Morgan fingerprint density at radius 2 is 1.82 bits per heavy atom. The lowest BCUT2D eigenvalue weighted by Gasteiger charge is -2.16. The van der Waals surface area contributed by atoms with Crippen molar-refractivity contribution < 1.29 is 18.7 Å². The van der Waals surface area contributed by atoms with Crippen LogP contribution in [0.3, 0.4) is 0 Å². The molecule has 0 bridgehead atoms. The Balaban J connectivity index is 1.81. The average Bonchev–Trinajstić information content (AvgIpc) is 3.21. The number of nitrogens with zero attached hydrogens (tertiary/aromatic N) is 3. The lowest BCUT2D eigenvalue weighted by atomic mass is 10.1. The van der Waals surface area contributed by atoms with E-state index in [1.807, 2.05) is 23.4 Å². The number of halogens is 2. The Morgan fingerprint density at radius 1 is 1.11 bits per heavy atom. The predicted molar refractivity (Wildman–Crippen MR) is 101 cm³/mol. The molecule has 1 aliphatic heterocycles. The van der Waals surface area contributed by atoms with E-state index < -0.39 is 34.0 Å². The molecule has 0 fully saturated rings. The number of carboxylic acid groups (broad SMARTS) is 1. The van der Waals surface area contributed by atoms with Gasteiger partial charge < -0.3 is 9.67 Å². The largest absolute Gasteiger partial charge is 0.477 e. The molecule has 1 aliphatic rings. The maximum Gasteiger partial charge on any atom is 0.341 e. The molecule has 0 saturated carbocycles. The number of hydrazone groups is 1. The van der Waals surface area contributed by atoms with E-state index in [-0.39, 0.29) is 12.1 Å². The third kappa shape index (κ3) is 3.02. The van der Waals surface area contributed by atoms with Crippen molar-refractivity contribution in [3.8, 4) is 0 Å². The van der Waals surface area contributed by atoms with E-state index in [0.717, 1.165) is 42.5 Å². The second-order valence-corrected chi connectivity index (χ2v) is 6.43. The van der Waals surface area contributed by atoms with Crippen LogP contribution in [0.1, 0.15) is 22.3 Å². The molecule has 8 heteroatoms. The highest BCUT2D eigenvalue weighted by Gasteiger charge is 2.20. The molecule has 28 heavy (non-hydrogen) atoms. The molecule has 0 radical (unpaired) electrons. The summed E-state index contributed by atoms with van der Waals surface area (Å²) >= 11 is 0. The first-order valence-corrected chi connectivity index (χ1v) is 8.59. The summed E-state index contributed by atoms with van der Waals surface area (Å²) in [6.07, 6.45) is 3.74. The van der Waals surface area contributed by atoms with Crippen molar-refractivity contribution in [2.24, 2.45) is 5.10 Å². The zero-order valence-electron chi connectivity index (χ0n) is 14.6. The number of rotatable bonds is 4. The van der Waals surface area contributed by atoms with Crippen molar-refractivity contribution in [2.75, 3.05) is 11.6 Å². The first kappa shape index (κ1) is 17.8. The predicted octanol–water partition coefficient (Wildman–Crippen LogP) is 3.22. The SMILES string of the molecule is O=C(O)c1cn(Cc2ccc(N3CCC=N3)cc2)c2c(F)ccc(F)c2c1=O. The van der Waals surface area contributed by atoms with Gasteiger partial charge in [0.05, 0.1) is 16.6 Å². The molecular weight excluding hydrogens is 368 g/mol. The number of fused-ring (bicyclic) bond motifs is 1. The summed E-state index contributed by atoms with van der Waals surface area (Å²) in [6, 6.07) is 9.02. The molecule has 2 heterocycles. The summed E-state index contributed by atoms with van der Waals surface area (Å²) in [5.41, 5.74) is -0.288. The number of carbonyl (C=O) groups is 1. The van der Waals surface area contributed by atoms with E-state index >= 15 is 0 Å². The zero-order chi connectivity index (χ0) is 19.8. The Bertz CT molecular complexity index is 1170. The van der Waals surface area contributed by atoms with Crippen LogP contribution in [0.25, 0.3) is 10.9 Å². The minimum atomic E-state index is -1.49. The van der Waals surface area contributed by atoms with E-state index in [1.54, 1.807) is 12.1 Å². The molecule has 142 valence electrons. The normalized spacial score (nSPS) is 13.4. The first-order chi connectivity index (χ1) is 13.5. The quantitative estimate of drug-likeness (QED) is 0.751. The Kier molecular flexibility index (Phi) is 4.38. The van der Waals surface area contributed by atoms with Gasteiger partial charge in [-0.2, -0.15) is 5.10 Å². The van der Waals surface area contributed by atoms with Crippen LogP contribution in [0.5, 0.6) is 0 Å². The maximum absolute atomic E-state index is 14.4. The van der Waals surface area contributed by atoms with Crippen molar-refractivity contribution in [3.63, 3.8) is 0 Å². The minimum Gasteiger partial charge on any atom is -0.477 e. The number of pyridine rings is 1. The van der Waals surface area contributed by atoms with Gasteiger partial charge in [0.2, 0.25) is 5.43 Å². The fourth-order valence-electron chi connectivity index (χ4n) is 3.29. The van der Waals surface area contributed by atoms with Crippen molar-refractivity contribution in [1.82, 2.24) is 4.57 Å². The molecule has 1 N–H and O–H groups in total. The van der Waals surface area contributed by atoms with Crippen LogP contribution in [-0.4, -0.2) is 28.4 Å². The van der Waals surface area contributed by atoms with Crippen LogP contribution in [0.15, 0.2) is 52.5 Å². The number of hydrogen-bond donors (Lipinski definition) is 1. The molecule has 2 aromatic carbocycles. The monoisotopic (exact) mass is 383 g/mol. The summed E-state index contributed by atoms with van der Waals surface area (Å²) in [7, 11) is 0. The molecule has 0 saturated heterocycles. The third-order valence-corrected chi connectivity index (χ3v) is 4.63. The molecule has 0 unspecified atom stereocenters. The molecule has 0 aliphatic carbocycles. The van der Waals surface area contributed by atoms with Crippen LogP contribution >= 0.6 is 0 Å². The van der Waals surface area contributed by atoms with Gasteiger partial charge in [-0.25, -0.2) is 13.6 Å². The summed E-state index contributed by atoms with van der Waals surface area (Å²) in [4.78, 5) is 23.7. The van der Waals surface area contributed by atoms with E-state index in [9.17, 15) is 23.5 Å². The summed E-state index contributed by atoms with van der Waals surface area (Å²) in [5, 5.41) is 14.8. The van der Waals surface area contributed by atoms with Gasteiger partial charge in [-0.15, -0.1) is 0 Å². The standard InChI is InChI=1S/C20H15F2N3O3/c21-15-6-7-16(22)18-17(15)19(26)14(20(27)28)11-24(18)10-12-2-4-13(5-3-12)25-9-1-8-23-25/h2-8,11H,1,9-10H2,(H,27,28). The summed E-state index contributed by atoms with van der Waals surface area (Å²) in [6.45, 7) is 0.858. The molecule has 0 atom stereocenters. The van der Waals surface area contributed by atoms with Crippen molar-refractivity contribution >= 4 is 28.8 Å². The van der Waals surface area contributed by atoms with Gasteiger partial charge in [-0.1, -0.05) is 12.1 Å². The van der Waals surface area contributed by atoms with Crippen LogP contribution in [-0.2, 0) is 6.54 Å². The Morgan fingerprint density at radius 3 is 2.46 bits per heavy atom. The van der Waals surface area contributed by atoms with Gasteiger partial charge in [0.1, 0.15) is 17.2 Å². The topological polar surface area (TPSA) is 74.9 Å². The smallest absolute Gasteiger partial charge is 0.341 e. The van der Waals surface area contributed by atoms with E-state index in [1.165, 1.54) is 4.57 Å². The van der Waals surface area contributed by atoms with Crippen LogP contribution in [0.4, 0.5) is 14.5 Å². The van der Waals surface area contributed by atoms with Gasteiger partial charge in [0.15, 0.2) is 0 Å². The molecule has 6 nitrogen and oxygen atoms in total. The molecular formula is C20H15F2N3O3. The molecule has 0 amide bonds. The number of aromatic carboxylic acids is 1. The van der Waals surface area contributed by atoms with Crippen LogP contribution < -0.4 is 10.4 Å². The van der Waals surface area contributed by atoms with Crippen molar-refractivity contribution in [1.29, 1.82) is 0 Å². The highest BCUT2D eigenvalue weighted by molar-refractivity contribution is 5.93. The zero-order valence-corrected chi connectivity index (χ0v) is 14.6. The maximum atomic E-state index is 14.4. The second-order valence-electron chi connectivity index (χ2n) is 6.43. The highest BCUT2D eigenvalue weighted by atomic mass is 19.1. The van der Waals surface area contributed by atoms with E-state index in [2.05, 4.69) is 5.10 Å². The second kappa shape index (κ2) is 6.88. The number of anilines is 1. The fraction of sp³-hybridized carbons (Fsp3) is 0.150. The molecule has 4 rings (SSSR count). The average molecular weight is 383 g/mol. The van der Waals surface area contributed by atoms with E-state index in [4.69, 9.17) is 0 Å². The van der Waals surface area contributed by atoms with E-state index in [0.29, 0.717) is 0 Å². The third-order valence-electron chi connectivity index (χ3n) is 4.63. The molecule has 1 aromatic heterocycles. The van der Waals surface area contributed by atoms with Crippen molar-refractivity contribution in [3.05, 3.63) is 75.6 Å². The van der Waals surface area contributed by atoms with Crippen molar-refractivity contribution in [2.45, 2.75) is 13.0 Å². The lowest BCUT2D eigenvalue weighted by molar-refractivity contribution is 0.0695. The minimum absolute atomic E-state index is 0.0704. The van der Waals surface area contributed by atoms with Gasteiger partial charge >= 0.3 is 5.97 Å². The summed E-state index contributed by atoms with van der Waals surface area (Å²) in [5.74, 6) is -3.25. The molecule has 3 aromatic rings. The van der Waals surface area contributed by atoms with Crippen LogP contribution in [0, 0.1) is 11.6 Å². The Labute approximate surface area is 157 Å². The van der Waals surface area contributed by atoms with Crippen LogP contribution in [0.2, 0.25) is 0 Å². The molecule has 0 spiro atoms. The number of aromatic nitrogens is 1. The Hall–Kier alpha value is -3.55. The summed E-state index contributed by atoms with van der Waals surface area (Å²) < 4.78 is 29.9. The van der Waals surface area contributed by atoms with Gasteiger partial charge in [0, 0.05) is 31.9 Å². The highest BCUT2D eigenvalue weighted by Crippen LogP contribution is 2.22. The van der Waals surface area contributed by atoms with Gasteiger partial charge in [0.25, 0.3) is 0 Å². The fourth-order valence-corrected chi connectivity index (χ4v) is 3.29. The number of hydrogen-bond acceptors (Lipinski definition) is 4. The number of benzene rings is 2. The number of carboxylic acids is 1. The first-order valence-electron chi connectivity index (χ1n) is 8.59. The van der Waals surface area contributed by atoms with Gasteiger partial charge in [-0.05, 0) is 29.8 Å². The van der Waals surface area contributed by atoms with Gasteiger partial charge in [-0.3, -0.25) is 9.80 Å². The lowest BCUT2D eigenvalue weighted by Crippen LogP contribution is -2.21.